The molecule has 4 nitrogen and oxygen atoms in total. The van der Waals surface area contributed by atoms with E-state index in [2.05, 4.69) is 16.9 Å². The normalized spacial score (nSPS) is 21.3. The molecule has 1 aliphatic heterocycles. The Morgan fingerprint density at radius 3 is 2.88 bits per heavy atom. The van der Waals surface area contributed by atoms with Crippen molar-refractivity contribution in [3.8, 4) is 0 Å². The maximum atomic E-state index is 9.14. The smallest absolute Gasteiger partial charge is 0.131 e. The van der Waals surface area contributed by atoms with Gasteiger partial charge in [0.25, 0.3) is 0 Å². The molecule has 0 saturated carbocycles. The van der Waals surface area contributed by atoms with Crippen LogP contribution in [-0.2, 0) is 20.0 Å². The molecule has 0 radical (unpaired) electrons. The third-order valence-corrected chi connectivity index (χ3v) is 3.97. The molecule has 1 aromatic rings. The Hall–Kier alpha value is -0.580. The summed E-state index contributed by atoms with van der Waals surface area (Å²) < 4.78 is 1.75. The van der Waals surface area contributed by atoms with E-state index < -0.39 is 0 Å². The number of aliphatic hydroxyl groups excluding tert-OH is 1. The van der Waals surface area contributed by atoms with Crippen LogP contribution in [0.1, 0.15) is 24.6 Å². The summed E-state index contributed by atoms with van der Waals surface area (Å²) in [6.45, 7) is 5.25. The Labute approximate surface area is 107 Å². The highest BCUT2D eigenvalue weighted by molar-refractivity contribution is 6.30. The van der Waals surface area contributed by atoms with Crippen molar-refractivity contribution in [3.05, 3.63) is 16.4 Å². The van der Waals surface area contributed by atoms with Gasteiger partial charge in [0.1, 0.15) is 5.15 Å². The summed E-state index contributed by atoms with van der Waals surface area (Å²) in [6, 6.07) is 0. The largest absolute Gasteiger partial charge is 0.396 e. The summed E-state index contributed by atoms with van der Waals surface area (Å²) in [7, 11) is 1.88. The lowest BCUT2D eigenvalue weighted by Crippen LogP contribution is -2.21. The average molecular weight is 258 g/mol. The second-order valence-electron chi connectivity index (χ2n) is 4.77. The maximum absolute atomic E-state index is 9.14. The number of aromatic nitrogens is 2. The molecular formula is C12H20ClN3O. The standard InChI is InChI=1S/C12H20ClN3O/c1-3-11-10(12(13)15(2)14-11)7-16-5-4-9(6-16)8-17/h9,17H,3-8H2,1-2H3. The van der Waals surface area contributed by atoms with Crippen molar-refractivity contribution in [2.45, 2.75) is 26.3 Å². The number of rotatable bonds is 4. The average Bonchev–Trinajstić information content (AvgIpc) is 2.89. The molecule has 1 aromatic heterocycles. The number of aryl methyl sites for hydroxylation is 2. The van der Waals surface area contributed by atoms with Crippen molar-refractivity contribution in [1.29, 1.82) is 0 Å². The summed E-state index contributed by atoms with van der Waals surface area (Å²) in [5, 5.41) is 14.3. The van der Waals surface area contributed by atoms with Gasteiger partial charge in [-0.25, -0.2) is 0 Å². The van der Waals surface area contributed by atoms with Crippen LogP contribution in [0.4, 0.5) is 0 Å². The molecule has 17 heavy (non-hydrogen) atoms. The molecule has 1 N–H and O–H groups in total. The van der Waals surface area contributed by atoms with Gasteiger partial charge >= 0.3 is 0 Å². The summed E-state index contributed by atoms with van der Waals surface area (Å²) in [5.41, 5.74) is 2.24. The van der Waals surface area contributed by atoms with Gasteiger partial charge in [-0.3, -0.25) is 9.58 Å². The minimum Gasteiger partial charge on any atom is -0.396 e. The first-order valence-electron chi connectivity index (χ1n) is 6.19. The fraction of sp³-hybridized carbons (Fsp3) is 0.750. The predicted molar refractivity (Wildman–Crippen MR) is 68.1 cm³/mol. The van der Waals surface area contributed by atoms with Gasteiger partial charge in [0.2, 0.25) is 0 Å². The van der Waals surface area contributed by atoms with Crippen molar-refractivity contribution in [3.63, 3.8) is 0 Å². The van der Waals surface area contributed by atoms with Gasteiger partial charge in [0, 0.05) is 32.3 Å². The second kappa shape index (κ2) is 5.38. The topological polar surface area (TPSA) is 41.3 Å². The first-order chi connectivity index (χ1) is 8.15. The number of hydrogen-bond donors (Lipinski definition) is 1. The third-order valence-electron chi connectivity index (χ3n) is 3.50. The van der Waals surface area contributed by atoms with E-state index in [1.54, 1.807) is 4.68 Å². The van der Waals surface area contributed by atoms with Crippen LogP contribution in [0.3, 0.4) is 0 Å². The van der Waals surface area contributed by atoms with Crippen LogP contribution in [0.25, 0.3) is 0 Å². The molecule has 1 unspecified atom stereocenters. The van der Waals surface area contributed by atoms with Gasteiger partial charge in [-0.15, -0.1) is 0 Å². The lowest BCUT2D eigenvalue weighted by Gasteiger charge is -2.15. The molecule has 2 heterocycles. The van der Waals surface area contributed by atoms with E-state index in [0.717, 1.165) is 48.9 Å². The van der Waals surface area contributed by atoms with Gasteiger partial charge in [-0.2, -0.15) is 5.10 Å². The van der Waals surface area contributed by atoms with E-state index in [-0.39, 0.29) is 6.61 Å². The summed E-state index contributed by atoms with van der Waals surface area (Å²) in [5.74, 6) is 0.426. The fourth-order valence-electron chi connectivity index (χ4n) is 2.47. The number of halogens is 1. The van der Waals surface area contributed by atoms with Gasteiger partial charge in [-0.05, 0) is 25.3 Å². The lowest BCUT2D eigenvalue weighted by atomic mass is 10.1. The van der Waals surface area contributed by atoms with Gasteiger partial charge < -0.3 is 5.11 Å². The molecule has 0 aliphatic carbocycles. The minimum absolute atomic E-state index is 0.290. The Morgan fingerprint density at radius 1 is 1.53 bits per heavy atom. The van der Waals surface area contributed by atoms with Gasteiger partial charge in [-0.1, -0.05) is 18.5 Å². The van der Waals surface area contributed by atoms with Gasteiger partial charge in [0.15, 0.2) is 0 Å². The highest BCUT2D eigenvalue weighted by Crippen LogP contribution is 2.24. The lowest BCUT2D eigenvalue weighted by molar-refractivity contribution is 0.220. The van der Waals surface area contributed by atoms with Crippen LogP contribution in [0.2, 0.25) is 5.15 Å². The summed E-state index contributed by atoms with van der Waals surface area (Å²) in [6.07, 6.45) is 1.99. The van der Waals surface area contributed by atoms with E-state index in [9.17, 15) is 0 Å². The van der Waals surface area contributed by atoms with Gasteiger partial charge in [0.05, 0.1) is 5.69 Å². The first-order valence-corrected chi connectivity index (χ1v) is 6.57. The highest BCUT2D eigenvalue weighted by Gasteiger charge is 2.24. The third kappa shape index (κ3) is 2.64. The monoisotopic (exact) mass is 257 g/mol. The van der Waals surface area contributed by atoms with Crippen molar-refractivity contribution >= 4 is 11.6 Å². The zero-order valence-electron chi connectivity index (χ0n) is 10.5. The maximum Gasteiger partial charge on any atom is 0.131 e. The zero-order chi connectivity index (χ0) is 12.4. The quantitative estimate of drug-likeness (QED) is 0.888. The van der Waals surface area contributed by atoms with Crippen molar-refractivity contribution in [2.75, 3.05) is 19.7 Å². The van der Waals surface area contributed by atoms with Crippen molar-refractivity contribution in [2.24, 2.45) is 13.0 Å². The molecule has 2 rings (SSSR count). The molecular weight excluding hydrogens is 238 g/mol. The molecule has 5 heteroatoms. The molecule has 0 bridgehead atoms. The molecule has 1 aliphatic rings. The minimum atomic E-state index is 0.290. The number of likely N-dealkylation sites (tertiary alicyclic amines) is 1. The highest BCUT2D eigenvalue weighted by atomic mass is 35.5. The van der Waals surface area contributed by atoms with E-state index >= 15 is 0 Å². The van der Waals surface area contributed by atoms with Crippen LogP contribution in [0.5, 0.6) is 0 Å². The number of hydrogen-bond acceptors (Lipinski definition) is 3. The SMILES string of the molecule is CCc1nn(C)c(Cl)c1CN1CCC(CO)C1. The van der Waals surface area contributed by atoms with E-state index in [4.69, 9.17) is 16.7 Å². The van der Waals surface area contributed by atoms with Crippen LogP contribution in [0.15, 0.2) is 0 Å². The van der Waals surface area contributed by atoms with Crippen molar-refractivity contribution < 1.29 is 5.11 Å². The second-order valence-corrected chi connectivity index (χ2v) is 5.12. The van der Waals surface area contributed by atoms with Crippen molar-refractivity contribution in [1.82, 2.24) is 14.7 Å². The fourth-order valence-corrected chi connectivity index (χ4v) is 2.68. The Kier molecular flexibility index (Phi) is 4.07. The van der Waals surface area contributed by atoms with E-state index in [0.29, 0.717) is 5.92 Å². The molecule has 1 fully saturated rings. The summed E-state index contributed by atoms with van der Waals surface area (Å²) >= 11 is 6.27. The predicted octanol–water partition coefficient (Wildman–Crippen LogP) is 1.45. The van der Waals surface area contributed by atoms with E-state index in [1.165, 1.54) is 0 Å². The van der Waals surface area contributed by atoms with Crippen LogP contribution in [0, 0.1) is 5.92 Å². The molecule has 1 saturated heterocycles. The van der Waals surface area contributed by atoms with Crippen LogP contribution >= 0.6 is 11.6 Å². The summed E-state index contributed by atoms with van der Waals surface area (Å²) in [4.78, 5) is 2.35. The van der Waals surface area contributed by atoms with Crippen LogP contribution < -0.4 is 0 Å². The van der Waals surface area contributed by atoms with E-state index in [1.807, 2.05) is 7.05 Å². The van der Waals surface area contributed by atoms with Crippen LogP contribution in [-0.4, -0.2) is 39.5 Å². The first kappa shape index (κ1) is 12.9. The Morgan fingerprint density at radius 2 is 2.29 bits per heavy atom. The molecule has 1 atom stereocenters. The zero-order valence-corrected chi connectivity index (χ0v) is 11.2. The number of nitrogens with zero attached hydrogens (tertiary/aromatic N) is 3. The number of aliphatic hydroxyl groups is 1. The Bertz CT molecular complexity index is 391. The molecule has 0 spiro atoms. The molecule has 0 amide bonds. The Balaban J connectivity index is 2.08. The molecule has 96 valence electrons. The molecule has 0 aromatic carbocycles.